The van der Waals surface area contributed by atoms with Crippen molar-refractivity contribution in [3.05, 3.63) is 34.9 Å². The first-order valence-corrected chi connectivity index (χ1v) is 7.97. The SMILES string of the molecule is CCCNC(c1ccc2c(c1)CCC2)C1CC1(C)C. The second kappa shape index (κ2) is 4.94. The minimum absolute atomic E-state index is 0.532. The van der Waals surface area contributed by atoms with Crippen LogP contribution in [0.4, 0.5) is 0 Å². The summed E-state index contributed by atoms with van der Waals surface area (Å²) >= 11 is 0. The first-order valence-electron chi connectivity index (χ1n) is 7.97. The van der Waals surface area contributed by atoms with E-state index in [-0.39, 0.29) is 0 Å². The first kappa shape index (κ1) is 13.2. The van der Waals surface area contributed by atoms with Gasteiger partial charge in [-0.1, -0.05) is 39.0 Å². The van der Waals surface area contributed by atoms with Crippen LogP contribution < -0.4 is 5.32 Å². The van der Waals surface area contributed by atoms with Crippen LogP contribution in [-0.4, -0.2) is 6.54 Å². The Bertz CT molecular complexity index is 461. The van der Waals surface area contributed by atoms with Crippen molar-refractivity contribution in [1.82, 2.24) is 5.32 Å². The van der Waals surface area contributed by atoms with Gasteiger partial charge >= 0.3 is 0 Å². The molecule has 1 N–H and O–H groups in total. The summed E-state index contributed by atoms with van der Waals surface area (Å²) in [4.78, 5) is 0. The van der Waals surface area contributed by atoms with E-state index >= 15 is 0 Å². The molecule has 1 fully saturated rings. The number of benzene rings is 1. The molecular weight excluding hydrogens is 230 g/mol. The van der Waals surface area contributed by atoms with E-state index < -0.39 is 0 Å². The van der Waals surface area contributed by atoms with E-state index in [1.807, 2.05) is 0 Å². The van der Waals surface area contributed by atoms with Crippen LogP contribution >= 0.6 is 0 Å². The molecule has 2 unspecified atom stereocenters. The standard InChI is InChI=1S/C18H27N/c1-4-10-19-17(16-12-18(16,2)3)15-9-8-13-6-5-7-14(13)11-15/h8-9,11,16-17,19H,4-7,10,12H2,1-3H3. The van der Waals surface area contributed by atoms with E-state index in [1.54, 1.807) is 11.1 Å². The summed E-state index contributed by atoms with van der Waals surface area (Å²) in [6, 6.07) is 7.82. The molecule has 0 aliphatic heterocycles. The van der Waals surface area contributed by atoms with Gasteiger partial charge in [-0.15, -0.1) is 0 Å². The average molecular weight is 257 g/mol. The quantitative estimate of drug-likeness (QED) is 0.831. The summed E-state index contributed by atoms with van der Waals surface area (Å²) < 4.78 is 0. The van der Waals surface area contributed by atoms with Gasteiger partial charge < -0.3 is 5.32 Å². The zero-order valence-electron chi connectivity index (χ0n) is 12.6. The third kappa shape index (κ3) is 2.58. The Kier molecular flexibility index (Phi) is 3.42. The van der Waals surface area contributed by atoms with Crippen LogP contribution in [0.15, 0.2) is 18.2 Å². The molecule has 104 valence electrons. The van der Waals surface area contributed by atoms with Crippen LogP contribution in [0.5, 0.6) is 0 Å². The Balaban J connectivity index is 1.83. The van der Waals surface area contributed by atoms with E-state index in [9.17, 15) is 0 Å². The molecule has 1 heteroatoms. The van der Waals surface area contributed by atoms with Gasteiger partial charge in [0.15, 0.2) is 0 Å². The highest BCUT2D eigenvalue weighted by Crippen LogP contribution is 2.57. The van der Waals surface area contributed by atoms with Gasteiger partial charge in [-0.25, -0.2) is 0 Å². The van der Waals surface area contributed by atoms with Gasteiger partial charge in [0.2, 0.25) is 0 Å². The summed E-state index contributed by atoms with van der Waals surface area (Å²) in [7, 11) is 0. The maximum atomic E-state index is 3.79. The van der Waals surface area contributed by atoms with Crippen LogP contribution in [0.2, 0.25) is 0 Å². The predicted octanol–water partition coefficient (Wildman–Crippen LogP) is 4.26. The summed E-state index contributed by atoms with van der Waals surface area (Å²) in [5.41, 5.74) is 5.27. The Morgan fingerprint density at radius 1 is 1.26 bits per heavy atom. The maximum absolute atomic E-state index is 3.79. The average Bonchev–Trinajstić information content (AvgIpc) is 2.83. The van der Waals surface area contributed by atoms with Gasteiger partial charge in [-0.2, -0.15) is 0 Å². The molecule has 1 aromatic rings. The van der Waals surface area contributed by atoms with Crippen molar-refractivity contribution < 1.29 is 0 Å². The fourth-order valence-electron chi connectivity index (χ4n) is 3.65. The van der Waals surface area contributed by atoms with E-state index in [4.69, 9.17) is 0 Å². The Morgan fingerprint density at radius 2 is 2.00 bits per heavy atom. The normalized spacial score (nSPS) is 25.1. The van der Waals surface area contributed by atoms with Crippen molar-refractivity contribution in [2.75, 3.05) is 6.54 Å². The van der Waals surface area contributed by atoms with Crippen LogP contribution in [0.1, 0.15) is 62.8 Å². The molecule has 0 amide bonds. The number of hydrogen-bond donors (Lipinski definition) is 1. The molecule has 1 nitrogen and oxygen atoms in total. The highest BCUT2D eigenvalue weighted by atomic mass is 14.9. The molecule has 1 saturated carbocycles. The molecular formula is C18H27N. The minimum atomic E-state index is 0.532. The van der Waals surface area contributed by atoms with Gasteiger partial charge in [-0.05, 0) is 66.7 Å². The fraction of sp³-hybridized carbons (Fsp3) is 0.667. The van der Waals surface area contributed by atoms with Crippen molar-refractivity contribution in [2.24, 2.45) is 11.3 Å². The van der Waals surface area contributed by atoms with Crippen molar-refractivity contribution in [2.45, 2.75) is 58.9 Å². The summed E-state index contributed by atoms with van der Waals surface area (Å²) in [5, 5.41) is 3.79. The van der Waals surface area contributed by atoms with Crippen molar-refractivity contribution in [3.8, 4) is 0 Å². The maximum Gasteiger partial charge on any atom is 0.0354 e. The van der Waals surface area contributed by atoms with Crippen LogP contribution in [0.3, 0.4) is 0 Å². The molecule has 2 atom stereocenters. The topological polar surface area (TPSA) is 12.0 Å². The Labute approximate surface area is 117 Å². The Morgan fingerprint density at radius 3 is 2.68 bits per heavy atom. The van der Waals surface area contributed by atoms with Crippen LogP contribution in [-0.2, 0) is 12.8 Å². The van der Waals surface area contributed by atoms with Gasteiger partial charge in [-0.3, -0.25) is 0 Å². The van der Waals surface area contributed by atoms with E-state index in [2.05, 4.69) is 44.3 Å². The third-order valence-corrected chi connectivity index (χ3v) is 5.09. The smallest absolute Gasteiger partial charge is 0.0354 e. The van der Waals surface area contributed by atoms with E-state index in [0.717, 1.165) is 12.5 Å². The van der Waals surface area contributed by atoms with Gasteiger partial charge in [0.25, 0.3) is 0 Å². The molecule has 19 heavy (non-hydrogen) atoms. The predicted molar refractivity (Wildman–Crippen MR) is 81.4 cm³/mol. The van der Waals surface area contributed by atoms with Crippen molar-refractivity contribution >= 4 is 0 Å². The molecule has 0 heterocycles. The number of hydrogen-bond acceptors (Lipinski definition) is 1. The zero-order chi connectivity index (χ0) is 13.5. The number of rotatable bonds is 5. The monoisotopic (exact) mass is 257 g/mol. The fourth-order valence-corrected chi connectivity index (χ4v) is 3.65. The lowest BCUT2D eigenvalue weighted by Gasteiger charge is -2.21. The largest absolute Gasteiger partial charge is 0.310 e. The first-order chi connectivity index (χ1) is 9.12. The number of nitrogens with one attached hydrogen (secondary N) is 1. The number of fused-ring (bicyclic) bond motifs is 1. The lowest BCUT2D eigenvalue weighted by molar-refractivity contribution is 0.415. The van der Waals surface area contributed by atoms with Gasteiger partial charge in [0.05, 0.1) is 0 Å². The van der Waals surface area contributed by atoms with Crippen LogP contribution in [0.25, 0.3) is 0 Å². The molecule has 2 aliphatic rings. The van der Waals surface area contributed by atoms with Crippen molar-refractivity contribution in [1.29, 1.82) is 0 Å². The van der Waals surface area contributed by atoms with Crippen LogP contribution in [0, 0.1) is 11.3 Å². The molecule has 1 aromatic carbocycles. The molecule has 0 aromatic heterocycles. The summed E-state index contributed by atoms with van der Waals surface area (Å²) in [6.07, 6.45) is 6.51. The Hall–Kier alpha value is -0.820. The summed E-state index contributed by atoms with van der Waals surface area (Å²) in [6.45, 7) is 8.20. The molecule has 0 bridgehead atoms. The van der Waals surface area contributed by atoms with Gasteiger partial charge in [0.1, 0.15) is 0 Å². The zero-order valence-corrected chi connectivity index (χ0v) is 12.6. The molecule has 0 radical (unpaired) electrons. The third-order valence-electron chi connectivity index (χ3n) is 5.09. The number of aryl methyl sites for hydroxylation is 2. The van der Waals surface area contributed by atoms with E-state index in [1.165, 1.54) is 37.7 Å². The van der Waals surface area contributed by atoms with Crippen molar-refractivity contribution in [3.63, 3.8) is 0 Å². The minimum Gasteiger partial charge on any atom is -0.310 e. The second-order valence-corrected chi connectivity index (χ2v) is 7.11. The second-order valence-electron chi connectivity index (χ2n) is 7.11. The lowest BCUT2D eigenvalue weighted by Crippen LogP contribution is -2.25. The molecule has 2 aliphatic carbocycles. The lowest BCUT2D eigenvalue weighted by atomic mass is 9.94. The highest BCUT2D eigenvalue weighted by Gasteiger charge is 2.50. The highest BCUT2D eigenvalue weighted by molar-refractivity contribution is 5.37. The molecule has 3 rings (SSSR count). The molecule has 0 saturated heterocycles. The molecule has 0 spiro atoms. The summed E-state index contributed by atoms with van der Waals surface area (Å²) in [5.74, 6) is 0.818. The van der Waals surface area contributed by atoms with Gasteiger partial charge in [0, 0.05) is 6.04 Å². The van der Waals surface area contributed by atoms with E-state index in [0.29, 0.717) is 11.5 Å².